The van der Waals surface area contributed by atoms with Crippen LogP contribution in [0.25, 0.3) is 0 Å². The van der Waals surface area contributed by atoms with Crippen LogP contribution in [-0.2, 0) is 9.53 Å². The van der Waals surface area contributed by atoms with Crippen LogP contribution >= 0.6 is 12.4 Å². The molecule has 0 aliphatic heterocycles. The molecule has 1 aliphatic rings. The third kappa shape index (κ3) is 7.04. The summed E-state index contributed by atoms with van der Waals surface area (Å²) in [7, 11) is 0. The van der Waals surface area contributed by atoms with E-state index in [4.69, 9.17) is 10.5 Å². The number of nitrogens with two attached hydrogens (primary N) is 1. The number of nitrogens with one attached hydrogen (secondary N) is 1. The Balaban J connectivity index is 0.00000225. The van der Waals surface area contributed by atoms with Crippen LogP contribution in [0.5, 0.6) is 0 Å². The zero-order chi connectivity index (χ0) is 11.3. The Hall–Kier alpha value is -0.320. The van der Waals surface area contributed by atoms with Crippen LogP contribution in [0.15, 0.2) is 0 Å². The van der Waals surface area contributed by atoms with Gasteiger partial charge in [-0.15, -0.1) is 12.4 Å². The third-order valence-electron chi connectivity index (χ3n) is 2.51. The van der Waals surface area contributed by atoms with Crippen LogP contribution in [0.2, 0.25) is 0 Å². The first-order valence-corrected chi connectivity index (χ1v) is 5.62. The first-order chi connectivity index (χ1) is 7.03. The molecule has 96 valence electrons. The summed E-state index contributed by atoms with van der Waals surface area (Å²) in [6.45, 7) is 5.60. The number of carbonyl (C=O) groups excluding carboxylic acids is 1. The zero-order valence-corrected chi connectivity index (χ0v) is 10.9. The minimum absolute atomic E-state index is 0. The van der Waals surface area contributed by atoms with Gasteiger partial charge in [0.1, 0.15) is 0 Å². The Bertz CT molecular complexity index is 218. The molecule has 1 aliphatic carbocycles. The van der Waals surface area contributed by atoms with E-state index in [0.717, 1.165) is 12.5 Å². The van der Waals surface area contributed by atoms with Crippen LogP contribution in [0.1, 0.15) is 33.1 Å². The summed E-state index contributed by atoms with van der Waals surface area (Å²) < 4.78 is 5.38. The molecule has 1 amide bonds. The van der Waals surface area contributed by atoms with Gasteiger partial charge in [-0.25, -0.2) is 0 Å². The average Bonchev–Trinajstić information content (AvgIpc) is 2.95. The van der Waals surface area contributed by atoms with E-state index < -0.39 is 0 Å². The molecule has 0 heterocycles. The molecule has 0 atom stereocenters. The lowest BCUT2D eigenvalue weighted by Gasteiger charge is -2.24. The van der Waals surface area contributed by atoms with E-state index in [1.807, 2.05) is 13.8 Å². The van der Waals surface area contributed by atoms with Gasteiger partial charge >= 0.3 is 0 Å². The molecule has 0 spiro atoms. The summed E-state index contributed by atoms with van der Waals surface area (Å²) in [5, 5.41) is 2.87. The number of amides is 1. The van der Waals surface area contributed by atoms with Crippen molar-refractivity contribution < 1.29 is 9.53 Å². The fourth-order valence-corrected chi connectivity index (χ4v) is 1.19. The third-order valence-corrected chi connectivity index (χ3v) is 2.51. The Morgan fingerprint density at radius 1 is 1.50 bits per heavy atom. The van der Waals surface area contributed by atoms with Crippen molar-refractivity contribution >= 4 is 18.3 Å². The molecule has 0 aromatic heterocycles. The Kier molecular flexibility index (Phi) is 6.95. The molecule has 1 rings (SSSR count). The van der Waals surface area contributed by atoms with Crippen LogP contribution in [0.3, 0.4) is 0 Å². The maximum Gasteiger partial charge on any atom is 0.222 e. The van der Waals surface area contributed by atoms with Crippen LogP contribution in [0.4, 0.5) is 0 Å². The topological polar surface area (TPSA) is 64.3 Å². The van der Waals surface area contributed by atoms with E-state index in [9.17, 15) is 4.79 Å². The summed E-state index contributed by atoms with van der Waals surface area (Å²) in [5.74, 6) is 0.773. The van der Waals surface area contributed by atoms with Gasteiger partial charge in [0.2, 0.25) is 5.91 Å². The molecular weight excluding hydrogens is 228 g/mol. The second-order valence-electron chi connectivity index (χ2n) is 4.90. The minimum Gasteiger partial charge on any atom is -0.381 e. The number of ether oxygens (including phenoxy) is 1. The summed E-state index contributed by atoms with van der Waals surface area (Å²) in [6, 6.07) is 0. The van der Waals surface area contributed by atoms with Crippen molar-refractivity contribution in [3.63, 3.8) is 0 Å². The van der Waals surface area contributed by atoms with Crippen molar-refractivity contribution in [1.29, 1.82) is 0 Å². The van der Waals surface area contributed by atoms with Crippen LogP contribution < -0.4 is 11.1 Å². The normalized spacial score (nSPS) is 15.4. The quantitative estimate of drug-likeness (QED) is 0.665. The predicted molar refractivity (Wildman–Crippen MR) is 66.7 cm³/mol. The first-order valence-electron chi connectivity index (χ1n) is 5.62. The zero-order valence-electron chi connectivity index (χ0n) is 10.1. The Labute approximate surface area is 104 Å². The van der Waals surface area contributed by atoms with Gasteiger partial charge in [0.05, 0.1) is 6.61 Å². The number of halogens is 1. The van der Waals surface area contributed by atoms with Gasteiger partial charge in [0.15, 0.2) is 0 Å². The van der Waals surface area contributed by atoms with Crippen molar-refractivity contribution in [2.75, 3.05) is 19.8 Å². The van der Waals surface area contributed by atoms with E-state index in [1.54, 1.807) is 0 Å². The second-order valence-corrected chi connectivity index (χ2v) is 4.90. The van der Waals surface area contributed by atoms with Gasteiger partial charge in [-0.2, -0.15) is 0 Å². The standard InChI is InChI=1S/C11H22N2O2.ClH/c1-11(2,8-12)13-10(14)5-6-15-7-9-3-4-9;/h9H,3-8,12H2,1-2H3,(H,13,14);1H. The number of rotatable bonds is 7. The molecule has 0 bridgehead atoms. The molecule has 16 heavy (non-hydrogen) atoms. The molecule has 0 radical (unpaired) electrons. The molecule has 0 aromatic rings. The fraction of sp³-hybridized carbons (Fsp3) is 0.909. The van der Waals surface area contributed by atoms with Crippen molar-refractivity contribution in [2.45, 2.75) is 38.6 Å². The molecule has 5 heteroatoms. The van der Waals surface area contributed by atoms with Crippen LogP contribution in [0, 0.1) is 5.92 Å². The molecule has 3 N–H and O–H groups in total. The molecular formula is C11H23ClN2O2. The van der Waals surface area contributed by atoms with Crippen molar-refractivity contribution in [3.05, 3.63) is 0 Å². The average molecular weight is 251 g/mol. The lowest BCUT2D eigenvalue weighted by Crippen LogP contribution is -2.49. The van der Waals surface area contributed by atoms with Gasteiger partial charge < -0.3 is 15.8 Å². The lowest BCUT2D eigenvalue weighted by molar-refractivity contribution is -0.123. The maximum absolute atomic E-state index is 11.4. The summed E-state index contributed by atoms with van der Waals surface area (Å²) >= 11 is 0. The van der Waals surface area contributed by atoms with E-state index in [0.29, 0.717) is 19.6 Å². The number of hydrogen-bond acceptors (Lipinski definition) is 3. The first kappa shape index (κ1) is 15.7. The lowest BCUT2D eigenvalue weighted by atomic mass is 10.1. The minimum atomic E-state index is -0.312. The number of carbonyl (C=O) groups is 1. The van der Waals surface area contributed by atoms with E-state index in [2.05, 4.69) is 5.32 Å². The highest BCUT2D eigenvalue weighted by Gasteiger charge is 2.21. The molecule has 0 aromatic carbocycles. The van der Waals surface area contributed by atoms with E-state index in [-0.39, 0.29) is 23.9 Å². The molecule has 4 nitrogen and oxygen atoms in total. The second kappa shape index (κ2) is 7.09. The monoisotopic (exact) mass is 250 g/mol. The Morgan fingerprint density at radius 3 is 2.62 bits per heavy atom. The highest BCUT2D eigenvalue weighted by atomic mass is 35.5. The highest BCUT2D eigenvalue weighted by molar-refractivity contribution is 5.85. The molecule has 1 fully saturated rings. The van der Waals surface area contributed by atoms with Crippen molar-refractivity contribution in [2.24, 2.45) is 11.7 Å². The maximum atomic E-state index is 11.4. The fourth-order valence-electron chi connectivity index (χ4n) is 1.19. The highest BCUT2D eigenvalue weighted by Crippen LogP contribution is 2.28. The number of hydrogen-bond donors (Lipinski definition) is 2. The smallest absolute Gasteiger partial charge is 0.222 e. The van der Waals surface area contributed by atoms with Gasteiger partial charge in [0, 0.05) is 25.1 Å². The molecule has 0 saturated heterocycles. The molecule has 0 unspecified atom stereocenters. The van der Waals surface area contributed by atoms with Gasteiger partial charge in [-0.05, 0) is 32.6 Å². The van der Waals surface area contributed by atoms with Gasteiger partial charge in [-0.3, -0.25) is 4.79 Å². The van der Waals surface area contributed by atoms with Crippen molar-refractivity contribution in [1.82, 2.24) is 5.32 Å². The van der Waals surface area contributed by atoms with Crippen molar-refractivity contribution in [3.8, 4) is 0 Å². The van der Waals surface area contributed by atoms with Crippen LogP contribution in [-0.4, -0.2) is 31.2 Å². The SMILES string of the molecule is CC(C)(CN)NC(=O)CCOCC1CC1.Cl. The largest absolute Gasteiger partial charge is 0.381 e. The summed E-state index contributed by atoms with van der Waals surface area (Å²) in [6.07, 6.45) is 2.99. The van der Waals surface area contributed by atoms with E-state index in [1.165, 1.54) is 12.8 Å². The Morgan fingerprint density at radius 2 is 2.12 bits per heavy atom. The molecule has 1 saturated carbocycles. The summed E-state index contributed by atoms with van der Waals surface area (Å²) in [5.41, 5.74) is 5.20. The van der Waals surface area contributed by atoms with Gasteiger partial charge in [-0.1, -0.05) is 0 Å². The predicted octanol–water partition coefficient (Wildman–Crippen LogP) is 1.08. The summed E-state index contributed by atoms with van der Waals surface area (Å²) in [4.78, 5) is 11.4. The van der Waals surface area contributed by atoms with Gasteiger partial charge in [0.25, 0.3) is 0 Å². The van der Waals surface area contributed by atoms with E-state index >= 15 is 0 Å².